The van der Waals surface area contributed by atoms with Crippen LogP contribution in [0.1, 0.15) is 34.1 Å². The van der Waals surface area contributed by atoms with Crippen molar-refractivity contribution in [1.82, 2.24) is 10.3 Å². The minimum absolute atomic E-state index is 0.262. The topological polar surface area (TPSA) is 80.8 Å². The molecule has 3 amide bonds. The molecule has 2 fully saturated rings. The lowest BCUT2D eigenvalue weighted by atomic mass is 9.76. The Morgan fingerprint density at radius 3 is 2.48 bits per heavy atom. The molecule has 0 bridgehead atoms. The van der Waals surface area contributed by atoms with Crippen LogP contribution in [-0.4, -0.2) is 41.8 Å². The number of pyridine rings is 1. The highest BCUT2D eigenvalue weighted by Crippen LogP contribution is 2.37. The second kappa shape index (κ2) is 6.04. The van der Waals surface area contributed by atoms with Crippen molar-refractivity contribution in [3.63, 3.8) is 0 Å². The molecule has 0 radical (unpaired) electrons. The molecular weight excluding hydrogens is 345 g/mol. The highest BCUT2D eigenvalue weighted by molar-refractivity contribution is 6.65. The van der Waals surface area contributed by atoms with E-state index >= 15 is 0 Å². The fourth-order valence-electron chi connectivity index (χ4n) is 3.37. The summed E-state index contributed by atoms with van der Waals surface area (Å²) in [6.45, 7) is 8.37. The molecule has 140 valence electrons. The fourth-order valence-corrected chi connectivity index (χ4v) is 3.37. The van der Waals surface area contributed by atoms with Gasteiger partial charge in [-0.1, -0.05) is 12.1 Å². The summed E-state index contributed by atoms with van der Waals surface area (Å²) in [5.41, 5.74) is 1.31. The number of rotatable bonds is 2. The van der Waals surface area contributed by atoms with E-state index in [9.17, 15) is 9.59 Å². The molecule has 27 heavy (non-hydrogen) atoms. The smallest absolute Gasteiger partial charge is 0.399 e. The van der Waals surface area contributed by atoms with Gasteiger partial charge in [0, 0.05) is 24.5 Å². The summed E-state index contributed by atoms with van der Waals surface area (Å²) in [7, 11) is -0.521. The first-order chi connectivity index (χ1) is 12.7. The Kier molecular flexibility index (Phi) is 4.01. The zero-order chi connectivity index (χ0) is 19.4. The van der Waals surface area contributed by atoms with E-state index in [2.05, 4.69) is 10.3 Å². The van der Waals surface area contributed by atoms with Crippen molar-refractivity contribution in [1.29, 1.82) is 0 Å². The summed E-state index contributed by atoms with van der Waals surface area (Å²) >= 11 is 0. The van der Waals surface area contributed by atoms with Gasteiger partial charge in [0.2, 0.25) is 5.91 Å². The molecule has 1 N–H and O–H groups in total. The van der Waals surface area contributed by atoms with Crippen molar-refractivity contribution in [2.24, 2.45) is 0 Å². The van der Waals surface area contributed by atoms with Gasteiger partial charge in [-0.25, -0.2) is 4.79 Å². The molecule has 7 nitrogen and oxygen atoms in total. The van der Waals surface area contributed by atoms with Crippen LogP contribution in [0.15, 0.2) is 30.5 Å². The summed E-state index contributed by atoms with van der Waals surface area (Å²) in [5.74, 6) is -0.262. The Balaban J connectivity index is 1.78. The molecule has 1 aromatic heterocycles. The van der Waals surface area contributed by atoms with Crippen LogP contribution in [0.4, 0.5) is 10.5 Å². The number of anilines is 1. The molecule has 3 heterocycles. The molecular formula is C19H22BN3O4. The van der Waals surface area contributed by atoms with Crippen LogP contribution in [0, 0.1) is 0 Å². The van der Waals surface area contributed by atoms with Crippen LogP contribution >= 0.6 is 0 Å². The van der Waals surface area contributed by atoms with Gasteiger partial charge in [-0.3, -0.25) is 20.0 Å². The third kappa shape index (κ3) is 2.89. The number of nitrogens with one attached hydrogen (secondary N) is 1. The summed E-state index contributed by atoms with van der Waals surface area (Å²) < 4.78 is 12.4. The van der Waals surface area contributed by atoms with Crippen molar-refractivity contribution < 1.29 is 18.9 Å². The number of carbonyl (C=O) groups excluding carboxylic acids is 2. The highest BCUT2D eigenvalue weighted by atomic mass is 16.7. The average molecular weight is 367 g/mol. The molecule has 8 heteroatoms. The van der Waals surface area contributed by atoms with Crippen LogP contribution in [0.3, 0.4) is 0 Å². The van der Waals surface area contributed by atoms with Crippen LogP contribution in [-0.2, 0) is 14.1 Å². The zero-order valence-corrected chi connectivity index (χ0v) is 15.9. The minimum Gasteiger partial charge on any atom is -0.399 e. The first-order valence-corrected chi connectivity index (χ1v) is 9.04. The van der Waals surface area contributed by atoms with Gasteiger partial charge in [-0.05, 0) is 45.3 Å². The third-order valence-electron chi connectivity index (χ3n) is 5.63. The molecule has 0 saturated carbocycles. The maximum Gasteiger partial charge on any atom is 0.495 e. The predicted molar refractivity (Wildman–Crippen MR) is 103 cm³/mol. The van der Waals surface area contributed by atoms with E-state index in [0.717, 1.165) is 10.8 Å². The summed E-state index contributed by atoms with van der Waals surface area (Å²) in [6.07, 6.45) is 1.95. The van der Waals surface area contributed by atoms with Gasteiger partial charge >= 0.3 is 13.1 Å². The number of hydrogen-bond donors (Lipinski definition) is 1. The van der Waals surface area contributed by atoms with E-state index in [1.165, 1.54) is 0 Å². The third-order valence-corrected chi connectivity index (χ3v) is 5.63. The maximum atomic E-state index is 12.3. The van der Waals surface area contributed by atoms with E-state index in [4.69, 9.17) is 9.31 Å². The van der Waals surface area contributed by atoms with Gasteiger partial charge in [0.1, 0.15) is 0 Å². The molecule has 0 unspecified atom stereocenters. The summed E-state index contributed by atoms with van der Waals surface area (Å²) in [4.78, 5) is 29.8. The quantitative estimate of drug-likeness (QED) is 0.821. The fraction of sp³-hybridized carbons (Fsp3) is 0.421. The molecule has 2 saturated heterocycles. The second-order valence-electron chi connectivity index (χ2n) is 7.92. The van der Waals surface area contributed by atoms with E-state index < -0.39 is 24.4 Å². The standard InChI is InChI=1S/C19H22BN3O4/c1-18(2)19(3,4)27-20(26-18)13-7-8-14(16-12(13)6-5-10-21-16)23-11-9-15(24)22-17(23)25/h5-8,10H,9,11H2,1-4H3,(H,22,24,25). The van der Waals surface area contributed by atoms with Crippen molar-refractivity contribution in [2.45, 2.75) is 45.3 Å². The zero-order valence-electron chi connectivity index (χ0n) is 15.9. The Morgan fingerprint density at radius 1 is 1.11 bits per heavy atom. The average Bonchev–Trinajstić information content (AvgIpc) is 2.82. The number of urea groups is 1. The van der Waals surface area contributed by atoms with Gasteiger partial charge in [-0.15, -0.1) is 0 Å². The first kappa shape index (κ1) is 17.9. The number of aromatic nitrogens is 1. The Hall–Kier alpha value is -2.45. The predicted octanol–water partition coefficient (Wildman–Crippen LogP) is 1.98. The number of carbonyl (C=O) groups is 2. The molecule has 2 aromatic rings. The van der Waals surface area contributed by atoms with Crippen molar-refractivity contribution in [2.75, 3.05) is 11.4 Å². The number of amides is 3. The lowest BCUT2D eigenvalue weighted by Crippen LogP contribution is -2.49. The van der Waals surface area contributed by atoms with Crippen LogP contribution in [0.2, 0.25) is 0 Å². The van der Waals surface area contributed by atoms with Crippen molar-refractivity contribution in [3.05, 3.63) is 30.5 Å². The van der Waals surface area contributed by atoms with E-state index in [-0.39, 0.29) is 12.3 Å². The van der Waals surface area contributed by atoms with Gasteiger partial charge in [0.25, 0.3) is 0 Å². The normalized spacial score (nSPS) is 21.6. The van der Waals surface area contributed by atoms with Crippen LogP contribution < -0.4 is 15.7 Å². The number of benzene rings is 1. The Morgan fingerprint density at radius 2 is 1.81 bits per heavy atom. The van der Waals surface area contributed by atoms with Crippen LogP contribution in [0.5, 0.6) is 0 Å². The summed E-state index contributed by atoms with van der Waals surface area (Å²) in [6, 6.07) is 7.11. The maximum absolute atomic E-state index is 12.3. The monoisotopic (exact) mass is 367 g/mol. The highest BCUT2D eigenvalue weighted by Gasteiger charge is 2.52. The lowest BCUT2D eigenvalue weighted by molar-refractivity contribution is -0.120. The largest absolute Gasteiger partial charge is 0.495 e. The second-order valence-corrected chi connectivity index (χ2v) is 7.92. The molecule has 2 aliphatic heterocycles. The van der Waals surface area contributed by atoms with E-state index in [0.29, 0.717) is 17.7 Å². The van der Waals surface area contributed by atoms with Gasteiger partial charge in [0.15, 0.2) is 0 Å². The molecule has 0 spiro atoms. The number of fused-ring (bicyclic) bond motifs is 1. The SMILES string of the molecule is CC1(C)OB(c2ccc(N3CCC(=O)NC3=O)c3ncccc23)OC1(C)C. The van der Waals surface area contributed by atoms with Gasteiger partial charge < -0.3 is 9.31 Å². The van der Waals surface area contributed by atoms with E-state index in [1.54, 1.807) is 11.1 Å². The molecule has 1 aromatic carbocycles. The van der Waals surface area contributed by atoms with Crippen LogP contribution in [0.25, 0.3) is 10.9 Å². The van der Waals surface area contributed by atoms with Gasteiger partial charge in [-0.2, -0.15) is 0 Å². The molecule has 2 aliphatic rings. The van der Waals surface area contributed by atoms with Crippen molar-refractivity contribution in [3.8, 4) is 0 Å². The van der Waals surface area contributed by atoms with Gasteiger partial charge in [0.05, 0.1) is 22.4 Å². The molecule has 4 rings (SSSR count). The Labute approximate surface area is 158 Å². The lowest BCUT2D eigenvalue weighted by Gasteiger charge is -2.32. The minimum atomic E-state index is -0.521. The summed E-state index contributed by atoms with van der Waals surface area (Å²) in [5, 5.41) is 3.21. The van der Waals surface area contributed by atoms with Crippen molar-refractivity contribution >= 4 is 41.1 Å². The Bertz CT molecular complexity index is 928. The number of imide groups is 1. The molecule has 0 aliphatic carbocycles. The first-order valence-electron chi connectivity index (χ1n) is 9.04. The number of nitrogens with zero attached hydrogens (tertiary/aromatic N) is 2. The number of hydrogen-bond acceptors (Lipinski definition) is 5. The molecule has 0 atom stereocenters. The van der Waals surface area contributed by atoms with E-state index in [1.807, 2.05) is 52.0 Å².